The number of carbonyl (C=O) groups excluding carboxylic acids is 1. The highest BCUT2D eigenvalue weighted by Crippen LogP contribution is 2.45. The average molecular weight is 525 g/mol. The highest BCUT2D eigenvalue weighted by Gasteiger charge is 2.35. The van der Waals surface area contributed by atoms with Gasteiger partial charge in [0.2, 0.25) is 0 Å². The smallest absolute Gasteiger partial charge is 0.169 e. The van der Waals surface area contributed by atoms with Crippen molar-refractivity contribution in [2.24, 2.45) is 0 Å². The molecule has 1 aliphatic carbocycles. The lowest BCUT2D eigenvalue weighted by molar-refractivity contribution is 0.0999. The maximum absolute atomic E-state index is 13.4. The number of ketones is 1. The molecule has 3 N–H and O–H groups in total. The number of Topliss-reactive ketones (excluding diaryl/α,β-unsaturated/α-hetero) is 1. The minimum Gasteiger partial charge on any atom is -0.389 e. The highest BCUT2D eigenvalue weighted by atomic mass is 16.3. The van der Waals surface area contributed by atoms with E-state index >= 15 is 0 Å². The lowest BCUT2D eigenvalue weighted by Crippen LogP contribution is -2.05. The molecule has 3 aromatic heterocycles. The molecule has 0 saturated heterocycles. The molecule has 2 aliphatic heterocycles. The quantitative estimate of drug-likeness (QED) is 0.326. The number of nitrogens with one attached hydrogen (secondary N) is 2. The topological polar surface area (TPSA) is 94.7 Å². The predicted molar refractivity (Wildman–Crippen MR) is 157 cm³/mol. The molecule has 6 nitrogen and oxygen atoms in total. The van der Waals surface area contributed by atoms with Gasteiger partial charge in [0, 0.05) is 80.4 Å². The molecule has 0 spiro atoms. The van der Waals surface area contributed by atoms with Gasteiger partial charge in [-0.1, -0.05) is 34.1 Å². The Morgan fingerprint density at radius 3 is 2.26 bits per heavy atom. The van der Waals surface area contributed by atoms with Gasteiger partial charge in [-0.3, -0.25) is 14.8 Å². The van der Waals surface area contributed by atoms with Crippen molar-refractivity contribution in [3.63, 3.8) is 0 Å². The second-order valence-corrected chi connectivity index (χ2v) is 12.0. The Morgan fingerprint density at radius 2 is 1.56 bits per heavy atom. The van der Waals surface area contributed by atoms with Crippen LogP contribution in [0.4, 0.5) is 0 Å². The fourth-order valence-electron chi connectivity index (χ4n) is 7.36. The van der Waals surface area contributed by atoms with E-state index in [1.54, 1.807) is 0 Å². The molecule has 204 valence electrons. The molecule has 6 heteroatoms. The summed E-state index contributed by atoms with van der Waals surface area (Å²) >= 11 is 0. The van der Waals surface area contributed by atoms with Crippen LogP contribution in [0.3, 0.4) is 0 Å². The van der Waals surface area contributed by atoms with Gasteiger partial charge in [-0.15, -0.1) is 0 Å². The van der Waals surface area contributed by atoms with Crippen molar-refractivity contribution in [1.29, 1.82) is 0 Å². The van der Waals surface area contributed by atoms with E-state index < -0.39 is 6.10 Å². The number of aryl methyl sites for hydroxylation is 2. The molecule has 39 heavy (non-hydrogen) atoms. The Balaban J connectivity index is 1.79. The van der Waals surface area contributed by atoms with E-state index in [-0.39, 0.29) is 29.5 Å². The van der Waals surface area contributed by atoms with Gasteiger partial charge in [0.1, 0.15) is 0 Å². The average Bonchev–Trinajstić information content (AvgIpc) is 3.63. The minimum atomic E-state index is -0.609. The number of rotatable bonds is 4. The first-order valence-corrected chi connectivity index (χ1v) is 14.6. The van der Waals surface area contributed by atoms with Crippen molar-refractivity contribution in [2.75, 3.05) is 0 Å². The van der Waals surface area contributed by atoms with Crippen LogP contribution >= 0.6 is 0 Å². The number of H-pyrrole nitrogens is 2. The zero-order chi connectivity index (χ0) is 27.7. The number of hydrogen-bond donors (Lipinski definition) is 3. The highest BCUT2D eigenvalue weighted by molar-refractivity contribution is 6.13. The number of nitrogens with zero attached hydrogens (tertiary/aromatic N) is 2. The van der Waals surface area contributed by atoms with Gasteiger partial charge >= 0.3 is 0 Å². The molecule has 6 rings (SSSR count). The lowest BCUT2D eigenvalue weighted by Gasteiger charge is -2.16. The summed E-state index contributed by atoms with van der Waals surface area (Å²) in [5.74, 6) is 1.20. The van der Waals surface area contributed by atoms with E-state index in [0.717, 1.165) is 91.9 Å². The number of aliphatic hydroxyl groups is 1. The molecule has 3 aliphatic rings. The van der Waals surface area contributed by atoms with Crippen LogP contribution in [0.5, 0.6) is 0 Å². The van der Waals surface area contributed by atoms with Gasteiger partial charge < -0.3 is 15.1 Å². The fourth-order valence-corrected chi connectivity index (χ4v) is 7.36. The standard InChI is InChI=1S/C33H40N4O2/c1-8-10-21-16(4)24-12-25-17(5)30(19(7)38)28(35-25)14-23-15(3)20(9-2)27(34-23)13-26-18(6)31-29(39)11-22(32(21)36-24)33(31)37-26/h12-16,19-21,35,37-38H,8-11H2,1-7H3/t15-,16+,19?,20-,21+/m1/s1. The second kappa shape index (κ2) is 9.44. The fraction of sp³-hybridized carbons (Fsp3) is 0.485. The number of fused-ring (bicyclic) bond motifs is 8. The number of hydrogen-bond acceptors (Lipinski definition) is 4. The van der Waals surface area contributed by atoms with Crippen LogP contribution in [0.25, 0.3) is 22.1 Å². The molecule has 0 aromatic carbocycles. The van der Waals surface area contributed by atoms with Crippen LogP contribution in [0.1, 0.15) is 139 Å². The summed E-state index contributed by atoms with van der Waals surface area (Å²) in [5.41, 5.74) is 12.8. The summed E-state index contributed by atoms with van der Waals surface area (Å²) in [6.07, 6.45) is 2.85. The maximum atomic E-state index is 13.4. The number of aliphatic hydroxyl groups excluding tert-OH is 1. The largest absolute Gasteiger partial charge is 0.389 e. The van der Waals surface area contributed by atoms with Gasteiger partial charge in [0.25, 0.3) is 0 Å². The first kappa shape index (κ1) is 26.0. The van der Waals surface area contributed by atoms with Gasteiger partial charge in [0.05, 0.1) is 17.3 Å². The van der Waals surface area contributed by atoms with E-state index in [9.17, 15) is 9.90 Å². The Bertz CT molecular complexity index is 1660. The van der Waals surface area contributed by atoms with E-state index in [0.29, 0.717) is 6.42 Å². The summed E-state index contributed by atoms with van der Waals surface area (Å²) in [7, 11) is 0. The Kier molecular flexibility index (Phi) is 6.29. The second-order valence-electron chi connectivity index (χ2n) is 12.0. The maximum Gasteiger partial charge on any atom is 0.169 e. The molecule has 0 amide bonds. The zero-order valence-electron chi connectivity index (χ0n) is 24.2. The lowest BCUT2D eigenvalue weighted by atomic mass is 9.86. The molecular weight excluding hydrogens is 484 g/mol. The van der Waals surface area contributed by atoms with E-state index in [2.05, 4.69) is 69.7 Å². The summed E-state index contributed by atoms with van der Waals surface area (Å²) in [6.45, 7) is 14.9. The third-order valence-corrected chi connectivity index (χ3v) is 9.60. The molecule has 0 fully saturated rings. The van der Waals surface area contributed by atoms with Crippen LogP contribution < -0.4 is 0 Å². The van der Waals surface area contributed by atoms with Crippen LogP contribution in [-0.4, -0.2) is 30.8 Å². The molecule has 5 atom stereocenters. The molecular formula is C33H40N4O2. The Morgan fingerprint density at radius 1 is 0.923 bits per heavy atom. The third-order valence-electron chi connectivity index (χ3n) is 9.60. The SMILES string of the molecule is CCC[C@@H]1c2nc(cc3[nH]c(cc4nc(cc5[nH]c6c2CC(=O)c6c5C)[C@H](CC)[C@H]4C)c(C(C)O)c3C)[C@H]1C. The summed E-state index contributed by atoms with van der Waals surface area (Å²) in [4.78, 5) is 31.0. The molecule has 5 heterocycles. The van der Waals surface area contributed by atoms with Crippen molar-refractivity contribution in [2.45, 2.75) is 104 Å². The molecule has 0 saturated carbocycles. The van der Waals surface area contributed by atoms with Gasteiger partial charge in [-0.2, -0.15) is 0 Å². The normalized spacial score (nSPS) is 23.0. The van der Waals surface area contributed by atoms with Gasteiger partial charge in [-0.25, -0.2) is 0 Å². The summed E-state index contributed by atoms with van der Waals surface area (Å²) in [6, 6.07) is 6.44. The monoisotopic (exact) mass is 524 g/mol. The van der Waals surface area contributed by atoms with Gasteiger partial charge in [-0.05, 0) is 62.9 Å². The molecule has 1 unspecified atom stereocenters. The summed E-state index contributed by atoms with van der Waals surface area (Å²) < 4.78 is 0. The number of aromatic amines is 2. The Hall–Kier alpha value is -3.25. The van der Waals surface area contributed by atoms with Crippen LogP contribution in [0.15, 0.2) is 18.2 Å². The van der Waals surface area contributed by atoms with Crippen LogP contribution in [0.2, 0.25) is 0 Å². The molecule has 8 bridgehead atoms. The van der Waals surface area contributed by atoms with E-state index in [4.69, 9.17) is 9.97 Å². The van der Waals surface area contributed by atoms with Crippen molar-refractivity contribution in [3.8, 4) is 0 Å². The van der Waals surface area contributed by atoms with Crippen molar-refractivity contribution in [3.05, 3.63) is 68.8 Å². The van der Waals surface area contributed by atoms with Crippen molar-refractivity contribution in [1.82, 2.24) is 19.9 Å². The number of carbonyl (C=O) groups is 1. The van der Waals surface area contributed by atoms with E-state index in [1.165, 1.54) is 0 Å². The van der Waals surface area contributed by atoms with Crippen molar-refractivity contribution < 1.29 is 9.90 Å². The third kappa shape index (κ3) is 3.90. The van der Waals surface area contributed by atoms with Crippen LogP contribution in [0, 0.1) is 13.8 Å². The minimum absolute atomic E-state index is 0.179. The van der Waals surface area contributed by atoms with E-state index in [1.807, 2.05) is 6.92 Å². The zero-order valence-corrected chi connectivity index (χ0v) is 24.2. The first-order valence-electron chi connectivity index (χ1n) is 14.6. The van der Waals surface area contributed by atoms with Crippen molar-refractivity contribution >= 4 is 27.9 Å². The molecule has 3 aromatic rings. The first-order chi connectivity index (χ1) is 18.6. The van der Waals surface area contributed by atoms with Gasteiger partial charge in [0.15, 0.2) is 5.78 Å². The predicted octanol–water partition coefficient (Wildman–Crippen LogP) is 7.71. The molecule has 0 radical (unpaired) electrons. The Labute approximate surface area is 230 Å². The summed E-state index contributed by atoms with van der Waals surface area (Å²) in [5, 5.41) is 10.8. The number of aromatic nitrogens is 4. The van der Waals surface area contributed by atoms with Crippen LogP contribution in [-0.2, 0) is 6.42 Å².